The van der Waals surface area contributed by atoms with Gasteiger partial charge in [-0.05, 0) is 36.2 Å². The number of hydrogen-bond donors (Lipinski definition) is 3. The molecule has 1 amide bonds. The minimum atomic E-state index is -0.983. The number of phenols is 1. The van der Waals surface area contributed by atoms with E-state index in [1.807, 2.05) is 6.07 Å². The summed E-state index contributed by atoms with van der Waals surface area (Å²) in [6.45, 7) is 0.421. The van der Waals surface area contributed by atoms with Gasteiger partial charge in [0, 0.05) is 24.5 Å². The second-order valence-electron chi connectivity index (χ2n) is 4.71. The maximum Gasteiger partial charge on any atom is 0.303 e. The van der Waals surface area contributed by atoms with Gasteiger partial charge in [0.25, 0.3) is 0 Å². The van der Waals surface area contributed by atoms with Gasteiger partial charge in [-0.25, -0.2) is 0 Å². The van der Waals surface area contributed by atoms with E-state index in [-0.39, 0.29) is 24.5 Å². The van der Waals surface area contributed by atoms with Crippen molar-refractivity contribution >= 4 is 22.8 Å². The summed E-state index contributed by atoms with van der Waals surface area (Å²) < 4.78 is 0. The van der Waals surface area contributed by atoms with E-state index in [0.29, 0.717) is 13.0 Å². The molecule has 3 N–H and O–H groups in total. The number of fused-ring (bicyclic) bond motifs is 1. The van der Waals surface area contributed by atoms with E-state index in [0.717, 1.165) is 16.5 Å². The molecule has 1 aromatic heterocycles. The Balaban J connectivity index is 1.88. The third kappa shape index (κ3) is 4.45. The third-order valence-electron chi connectivity index (χ3n) is 3.02. The lowest BCUT2D eigenvalue weighted by molar-refractivity contribution is -0.138. The number of carboxylic acids is 1. The Bertz CT molecular complexity index is 670. The normalized spacial score (nSPS) is 10.5. The highest BCUT2D eigenvalue weighted by Crippen LogP contribution is 2.19. The van der Waals surface area contributed by atoms with Crippen molar-refractivity contribution in [2.24, 2.45) is 0 Å². The quantitative estimate of drug-likeness (QED) is 0.747. The summed E-state index contributed by atoms with van der Waals surface area (Å²) >= 11 is 0. The number of carbonyl (C=O) groups excluding carboxylic acids is 1. The molecule has 1 heterocycles. The van der Waals surface area contributed by atoms with Crippen LogP contribution >= 0.6 is 0 Å². The third-order valence-corrected chi connectivity index (χ3v) is 3.02. The first-order valence-electron chi connectivity index (χ1n) is 6.61. The lowest BCUT2D eigenvalue weighted by Crippen LogP contribution is -2.26. The number of aliphatic carboxylic acids is 1. The molecule has 0 aliphatic rings. The van der Waals surface area contributed by atoms with Crippen molar-refractivity contribution in [1.82, 2.24) is 10.3 Å². The van der Waals surface area contributed by atoms with Crippen LogP contribution < -0.4 is 5.32 Å². The fraction of sp³-hybridized carbons (Fsp3) is 0.267. The smallest absolute Gasteiger partial charge is 0.303 e. The molecule has 0 saturated heterocycles. The summed E-state index contributed by atoms with van der Waals surface area (Å²) in [5, 5.41) is 21.4. The highest BCUT2D eigenvalue weighted by molar-refractivity contribution is 5.81. The van der Waals surface area contributed by atoms with E-state index >= 15 is 0 Å². The molecule has 2 rings (SSSR count). The van der Waals surface area contributed by atoms with Crippen LogP contribution in [0.1, 0.15) is 18.4 Å². The van der Waals surface area contributed by atoms with Crippen molar-refractivity contribution in [2.75, 3.05) is 6.54 Å². The molecule has 0 saturated carbocycles. The lowest BCUT2D eigenvalue weighted by atomic mass is 10.1. The van der Waals surface area contributed by atoms with Crippen LogP contribution in [-0.2, 0) is 16.0 Å². The number of aromatic nitrogens is 1. The first-order chi connectivity index (χ1) is 10.0. The van der Waals surface area contributed by atoms with E-state index in [1.165, 1.54) is 0 Å². The maximum absolute atomic E-state index is 11.4. The predicted octanol–water partition coefficient (Wildman–Crippen LogP) is 1.46. The molecular weight excluding hydrogens is 272 g/mol. The Hall–Kier alpha value is -2.63. The molecule has 0 aliphatic heterocycles. The van der Waals surface area contributed by atoms with Gasteiger partial charge in [0.05, 0.1) is 11.9 Å². The molecule has 0 bridgehead atoms. The number of benzene rings is 1. The molecule has 21 heavy (non-hydrogen) atoms. The Morgan fingerprint density at radius 3 is 2.76 bits per heavy atom. The van der Waals surface area contributed by atoms with Crippen LogP contribution in [0, 0.1) is 0 Å². The summed E-state index contributed by atoms with van der Waals surface area (Å²) in [5.41, 5.74) is 1.73. The first kappa shape index (κ1) is 14.8. The molecule has 0 unspecified atom stereocenters. The molecule has 0 radical (unpaired) electrons. The Kier molecular flexibility index (Phi) is 4.71. The molecular formula is C15H16N2O4. The summed E-state index contributed by atoms with van der Waals surface area (Å²) in [6, 6.07) is 6.86. The molecule has 6 heteroatoms. The van der Waals surface area contributed by atoms with Crippen molar-refractivity contribution < 1.29 is 19.8 Å². The summed E-state index contributed by atoms with van der Waals surface area (Å²) in [6.07, 6.45) is 2.14. The van der Waals surface area contributed by atoms with E-state index in [1.54, 1.807) is 24.4 Å². The molecule has 1 aromatic carbocycles. The van der Waals surface area contributed by atoms with Crippen LogP contribution in [0.3, 0.4) is 0 Å². The fourth-order valence-electron chi connectivity index (χ4n) is 1.96. The summed E-state index contributed by atoms with van der Waals surface area (Å²) in [7, 11) is 0. The number of rotatable bonds is 6. The zero-order valence-corrected chi connectivity index (χ0v) is 11.4. The number of nitrogens with one attached hydrogen (secondary N) is 1. The number of carboxylic acid groups (broad SMARTS) is 1. The van der Waals surface area contributed by atoms with E-state index in [2.05, 4.69) is 10.3 Å². The zero-order valence-electron chi connectivity index (χ0n) is 11.4. The average Bonchev–Trinajstić information content (AvgIpc) is 2.44. The van der Waals surface area contributed by atoms with Crippen molar-refractivity contribution in [1.29, 1.82) is 0 Å². The second kappa shape index (κ2) is 6.69. The van der Waals surface area contributed by atoms with Gasteiger partial charge in [-0.2, -0.15) is 0 Å². The molecule has 0 atom stereocenters. The Morgan fingerprint density at radius 2 is 2.00 bits per heavy atom. The fourth-order valence-corrected chi connectivity index (χ4v) is 1.96. The topological polar surface area (TPSA) is 99.5 Å². The molecule has 0 fully saturated rings. The van der Waals surface area contributed by atoms with Gasteiger partial charge in [-0.15, -0.1) is 0 Å². The van der Waals surface area contributed by atoms with Crippen LogP contribution in [0.4, 0.5) is 0 Å². The Labute approximate surface area is 121 Å². The van der Waals surface area contributed by atoms with Gasteiger partial charge in [0.1, 0.15) is 5.75 Å². The van der Waals surface area contributed by atoms with Crippen LogP contribution in [0.25, 0.3) is 10.9 Å². The summed E-state index contributed by atoms with van der Waals surface area (Å²) in [4.78, 5) is 26.0. The molecule has 6 nitrogen and oxygen atoms in total. The van der Waals surface area contributed by atoms with Crippen molar-refractivity contribution in [3.05, 3.63) is 36.0 Å². The number of nitrogens with zero attached hydrogens (tertiary/aromatic N) is 1. The predicted molar refractivity (Wildman–Crippen MR) is 77.0 cm³/mol. The van der Waals surface area contributed by atoms with E-state index < -0.39 is 5.97 Å². The van der Waals surface area contributed by atoms with Crippen molar-refractivity contribution in [3.8, 4) is 5.75 Å². The average molecular weight is 288 g/mol. The number of phenolic OH excluding ortho intramolecular Hbond substituents is 1. The van der Waals surface area contributed by atoms with Gasteiger partial charge in [0.15, 0.2) is 0 Å². The molecule has 0 aliphatic carbocycles. The number of carbonyl (C=O) groups is 2. The number of amides is 1. The lowest BCUT2D eigenvalue weighted by Gasteiger charge is -2.06. The highest BCUT2D eigenvalue weighted by Gasteiger charge is 2.05. The molecule has 2 aromatic rings. The van der Waals surface area contributed by atoms with Gasteiger partial charge in [-0.3, -0.25) is 14.6 Å². The standard InChI is InChI=1S/C15H16N2O4/c18-12-1-2-13-11(8-12)7-10(9-17-13)5-6-16-14(19)3-4-15(20)21/h1-2,7-9,18H,3-6H2,(H,16,19)(H,20,21). The van der Waals surface area contributed by atoms with Crippen molar-refractivity contribution in [2.45, 2.75) is 19.3 Å². The van der Waals surface area contributed by atoms with Crippen LogP contribution in [0.15, 0.2) is 30.5 Å². The second-order valence-corrected chi connectivity index (χ2v) is 4.71. The Morgan fingerprint density at radius 1 is 1.19 bits per heavy atom. The molecule has 110 valence electrons. The number of aromatic hydroxyl groups is 1. The number of hydrogen-bond acceptors (Lipinski definition) is 4. The minimum Gasteiger partial charge on any atom is -0.508 e. The molecule has 0 spiro atoms. The van der Waals surface area contributed by atoms with E-state index in [4.69, 9.17) is 5.11 Å². The van der Waals surface area contributed by atoms with Crippen LogP contribution in [0.2, 0.25) is 0 Å². The maximum atomic E-state index is 11.4. The van der Waals surface area contributed by atoms with Gasteiger partial charge in [-0.1, -0.05) is 0 Å². The van der Waals surface area contributed by atoms with Gasteiger partial charge in [0.2, 0.25) is 5.91 Å². The number of pyridine rings is 1. The SMILES string of the molecule is O=C(O)CCC(=O)NCCc1cnc2ccc(O)cc2c1. The van der Waals surface area contributed by atoms with Crippen molar-refractivity contribution in [3.63, 3.8) is 0 Å². The largest absolute Gasteiger partial charge is 0.508 e. The zero-order chi connectivity index (χ0) is 15.2. The van der Waals surface area contributed by atoms with Gasteiger partial charge >= 0.3 is 5.97 Å². The highest BCUT2D eigenvalue weighted by atomic mass is 16.4. The monoisotopic (exact) mass is 288 g/mol. The van der Waals surface area contributed by atoms with Crippen LogP contribution in [0.5, 0.6) is 5.75 Å². The van der Waals surface area contributed by atoms with Crippen LogP contribution in [-0.4, -0.2) is 33.6 Å². The summed E-state index contributed by atoms with van der Waals surface area (Å²) in [5.74, 6) is -1.07. The van der Waals surface area contributed by atoms with E-state index in [9.17, 15) is 14.7 Å². The van der Waals surface area contributed by atoms with Gasteiger partial charge < -0.3 is 15.5 Å². The first-order valence-corrected chi connectivity index (χ1v) is 6.61. The minimum absolute atomic E-state index is 0.0147.